The lowest BCUT2D eigenvalue weighted by molar-refractivity contribution is -0.138. The molecular formula is C25H24ClF3N2O. The number of unbranched alkanes of at least 4 members (excludes halogenated alkanes) is 1. The van der Waals surface area contributed by atoms with Crippen molar-refractivity contribution in [1.29, 1.82) is 5.26 Å². The number of nitriles is 1. The van der Waals surface area contributed by atoms with Crippen LogP contribution < -0.4 is 4.74 Å². The van der Waals surface area contributed by atoms with Crippen LogP contribution in [-0.4, -0.2) is 4.57 Å². The van der Waals surface area contributed by atoms with Crippen LogP contribution in [0.3, 0.4) is 0 Å². The van der Waals surface area contributed by atoms with Gasteiger partial charge in [0.25, 0.3) is 0 Å². The average molecular weight is 461 g/mol. The highest BCUT2D eigenvalue weighted by molar-refractivity contribution is 6.35. The number of rotatable bonds is 7. The third kappa shape index (κ3) is 4.88. The number of hydrogen-bond acceptors (Lipinski definition) is 2. The second kappa shape index (κ2) is 9.46. The molecule has 1 aromatic heterocycles. The van der Waals surface area contributed by atoms with E-state index >= 15 is 0 Å². The van der Waals surface area contributed by atoms with Crippen LogP contribution >= 0.6 is 11.6 Å². The largest absolute Gasteiger partial charge is 0.489 e. The monoisotopic (exact) mass is 460 g/mol. The van der Waals surface area contributed by atoms with Gasteiger partial charge >= 0.3 is 6.18 Å². The maximum Gasteiger partial charge on any atom is 0.416 e. The minimum atomic E-state index is -4.38. The van der Waals surface area contributed by atoms with Crippen molar-refractivity contribution in [2.45, 2.75) is 63.8 Å². The number of nitrogens with zero attached hydrogens (tertiary/aromatic N) is 2. The van der Waals surface area contributed by atoms with E-state index in [0.717, 1.165) is 43.0 Å². The molecule has 0 unspecified atom stereocenters. The van der Waals surface area contributed by atoms with Gasteiger partial charge in [-0.25, -0.2) is 0 Å². The first-order chi connectivity index (χ1) is 15.4. The Balaban J connectivity index is 1.52. The summed E-state index contributed by atoms with van der Waals surface area (Å²) in [5.74, 6) is 0.491. The molecule has 1 heterocycles. The fourth-order valence-electron chi connectivity index (χ4n) is 4.57. The van der Waals surface area contributed by atoms with Crippen molar-refractivity contribution >= 4 is 22.5 Å². The van der Waals surface area contributed by atoms with Gasteiger partial charge in [0.05, 0.1) is 22.2 Å². The lowest BCUT2D eigenvalue weighted by Gasteiger charge is -2.19. The molecule has 0 N–H and O–H groups in total. The second-order valence-electron chi connectivity index (χ2n) is 8.30. The summed E-state index contributed by atoms with van der Waals surface area (Å²) in [6, 6.07) is 12.1. The summed E-state index contributed by atoms with van der Waals surface area (Å²) in [5.41, 5.74) is 1.19. The molecule has 3 aromatic rings. The SMILES string of the molecule is N#CCCCn1ccc2cc(OCc3ccc(C4CCCC4)c(C(F)(F)F)c3)cc(Cl)c21. The predicted molar refractivity (Wildman–Crippen MR) is 119 cm³/mol. The first-order valence-electron chi connectivity index (χ1n) is 10.8. The highest BCUT2D eigenvalue weighted by Gasteiger charge is 2.36. The Morgan fingerprint density at radius 3 is 2.62 bits per heavy atom. The smallest absolute Gasteiger partial charge is 0.416 e. The van der Waals surface area contributed by atoms with Gasteiger partial charge in [-0.15, -0.1) is 0 Å². The molecule has 168 valence electrons. The average Bonchev–Trinajstić information content (AvgIpc) is 3.42. The topological polar surface area (TPSA) is 38.0 Å². The van der Waals surface area contributed by atoms with Crippen LogP contribution in [0.4, 0.5) is 13.2 Å². The van der Waals surface area contributed by atoms with Gasteiger partial charge in [0, 0.05) is 30.6 Å². The Morgan fingerprint density at radius 2 is 1.91 bits per heavy atom. The Bertz CT molecular complexity index is 1140. The number of fused-ring (bicyclic) bond motifs is 1. The number of hydrogen-bond donors (Lipinski definition) is 0. The third-order valence-corrected chi connectivity index (χ3v) is 6.39. The summed E-state index contributed by atoms with van der Waals surface area (Å²) in [7, 11) is 0. The quantitative estimate of drug-likeness (QED) is 0.336. The van der Waals surface area contributed by atoms with Gasteiger partial charge in [-0.1, -0.05) is 36.6 Å². The van der Waals surface area contributed by atoms with Crippen molar-refractivity contribution in [2.75, 3.05) is 0 Å². The summed E-state index contributed by atoms with van der Waals surface area (Å²) < 4.78 is 48.9. The normalized spacial score (nSPS) is 14.7. The van der Waals surface area contributed by atoms with Gasteiger partial charge in [0.1, 0.15) is 12.4 Å². The number of benzene rings is 2. The van der Waals surface area contributed by atoms with E-state index in [2.05, 4.69) is 6.07 Å². The van der Waals surface area contributed by atoms with Gasteiger partial charge in [0.15, 0.2) is 0 Å². The zero-order chi connectivity index (χ0) is 22.7. The van der Waals surface area contributed by atoms with E-state index in [1.165, 1.54) is 6.07 Å². The van der Waals surface area contributed by atoms with E-state index in [-0.39, 0.29) is 12.5 Å². The Morgan fingerprint density at radius 1 is 1.12 bits per heavy atom. The van der Waals surface area contributed by atoms with E-state index in [0.29, 0.717) is 34.9 Å². The number of aryl methyl sites for hydroxylation is 1. The molecule has 7 heteroatoms. The van der Waals surface area contributed by atoms with Crippen molar-refractivity contribution in [3.8, 4) is 11.8 Å². The summed E-state index contributed by atoms with van der Waals surface area (Å²) in [4.78, 5) is 0. The maximum absolute atomic E-state index is 13.7. The lowest BCUT2D eigenvalue weighted by atomic mass is 9.91. The van der Waals surface area contributed by atoms with Crippen molar-refractivity contribution in [2.24, 2.45) is 0 Å². The first-order valence-corrected chi connectivity index (χ1v) is 11.2. The molecule has 0 bridgehead atoms. The van der Waals surface area contributed by atoms with Crippen LogP contribution in [0.15, 0.2) is 42.6 Å². The van der Waals surface area contributed by atoms with Crippen LogP contribution in [-0.2, 0) is 19.3 Å². The number of aromatic nitrogens is 1. The standard InChI is InChI=1S/C25H24ClF3N2O/c26-23-15-20(14-19-9-12-31(24(19)23)11-4-3-10-30)32-16-17-7-8-21(18-5-1-2-6-18)22(13-17)25(27,28)29/h7-9,12-15,18H,1-6,11,16H2. The molecule has 1 saturated carbocycles. The van der Waals surface area contributed by atoms with E-state index in [1.54, 1.807) is 18.2 Å². The Kier molecular flexibility index (Phi) is 6.66. The molecule has 0 radical (unpaired) electrons. The highest BCUT2D eigenvalue weighted by atomic mass is 35.5. The predicted octanol–water partition coefficient (Wildman–Crippen LogP) is 7.85. The molecule has 4 rings (SSSR count). The molecule has 0 amide bonds. The molecule has 0 saturated heterocycles. The van der Waals surface area contributed by atoms with Crippen LogP contribution in [0, 0.1) is 11.3 Å². The molecule has 1 aliphatic carbocycles. The minimum absolute atomic E-state index is 0.0139. The number of halogens is 4. The zero-order valence-electron chi connectivity index (χ0n) is 17.6. The zero-order valence-corrected chi connectivity index (χ0v) is 18.3. The summed E-state index contributed by atoms with van der Waals surface area (Å²) in [6.45, 7) is 0.712. The summed E-state index contributed by atoms with van der Waals surface area (Å²) in [5, 5.41) is 10.1. The van der Waals surface area contributed by atoms with Crippen LogP contribution in [0.2, 0.25) is 5.02 Å². The maximum atomic E-state index is 13.7. The molecule has 2 aromatic carbocycles. The van der Waals surface area contributed by atoms with Crippen molar-refractivity contribution in [1.82, 2.24) is 4.57 Å². The van der Waals surface area contributed by atoms with Crippen LogP contribution in [0.1, 0.15) is 61.1 Å². The van der Waals surface area contributed by atoms with Gasteiger partial charge in [-0.3, -0.25) is 0 Å². The summed E-state index contributed by atoms with van der Waals surface area (Å²) >= 11 is 6.47. The molecule has 0 aliphatic heterocycles. The highest BCUT2D eigenvalue weighted by Crippen LogP contribution is 2.42. The fourth-order valence-corrected chi connectivity index (χ4v) is 4.89. The van der Waals surface area contributed by atoms with Crippen LogP contribution in [0.25, 0.3) is 10.9 Å². The first kappa shape index (κ1) is 22.5. The molecule has 0 atom stereocenters. The van der Waals surface area contributed by atoms with Gasteiger partial charge in [-0.05, 0) is 54.5 Å². The molecule has 0 spiro atoms. The molecule has 3 nitrogen and oxygen atoms in total. The molecule has 32 heavy (non-hydrogen) atoms. The second-order valence-corrected chi connectivity index (χ2v) is 8.71. The van der Waals surface area contributed by atoms with E-state index in [1.807, 2.05) is 22.9 Å². The van der Waals surface area contributed by atoms with E-state index in [9.17, 15) is 13.2 Å². The van der Waals surface area contributed by atoms with E-state index < -0.39 is 11.7 Å². The van der Waals surface area contributed by atoms with Crippen LogP contribution in [0.5, 0.6) is 5.75 Å². The molecular weight excluding hydrogens is 437 g/mol. The Labute approximate surface area is 190 Å². The van der Waals surface area contributed by atoms with E-state index in [4.69, 9.17) is 21.6 Å². The number of ether oxygens (including phenoxy) is 1. The van der Waals surface area contributed by atoms with Gasteiger partial charge in [0.2, 0.25) is 0 Å². The lowest BCUT2D eigenvalue weighted by Crippen LogP contribution is -2.12. The minimum Gasteiger partial charge on any atom is -0.489 e. The number of alkyl halides is 3. The van der Waals surface area contributed by atoms with Crippen molar-refractivity contribution < 1.29 is 17.9 Å². The van der Waals surface area contributed by atoms with Crippen molar-refractivity contribution in [3.63, 3.8) is 0 Å². The van der Waals surface area contributed by atoms with Gasteiger partial charge in [-0.2, -0.15) is 18.4 Å². The third-order valence-electron chi connectivity index (χ3n) is 6.10. The molecule has 1 fully saturated rings. The fraction of sp³-hybridized carbons (Fsp3) is 0.400. The van der Waals surface area contributed by atoms with Crippen molar-refractivity contribution in [3.05, 3.63) is 64.3 Å². The molecule has 1 aliphatic rings. The van der Waals surface area contributed by atoms with Gasteiger partial charge < -0.3 is 9.30 Å². The summed E-state index contributed by atoms with van der Waals surface area (Å²) in [6.07, 6.45) is 2.32. The Hall–Kier alpha value is -2.65.